The van der Waals surface area contributed by atoms with Crippen molar-refractivity contribution < 1.29 is 9.84 Å². The number of phenolic OH excluding ortho intramolecular Hbond substituents is 1. The van der Waals surface area contributed by atoms with Gasteiger partial charge in [0, 0.05) is 6.54 Å². The van der Waals surface area contributed by atoms with Crippen LogP contribution in [-0.4, -0.2) is 31.3 Å². The second-order valence-corrected chi connectivity index (χ2v) is 8.45. The second kappa shape index (κ2) is 14.2. The number of hydrogen-bond acceptors (Lipinski definition) is 4. The zero-order chi connectivity index (χ0) is 24.0. The molecule has 0 bridgehead atoms. The first kappa shape index (κ1) is 25.5. The lowest BCUT2D eigenvalue weighted by Gasteiger charge is -2.17. The van der Waals surface area contributed by atoms with Gasteiger partial charge in [-0.05, 0) is 84.5 Å². The van der Waals surface area contributed by atoms with E-state index < -0.39 is 0 Å². The summed E-state index contributed by atoms with van der Waals surface area (Å²) < 4.78 is 5.95. The summed E-state index contributed by atoms with van der Waals surface area (Å²) in [6.45, 7) is 5.48. The van der Waals surface area contributed by atoms with Crippen LogP contribution >= 0.6 is 0 Å². The van der Waals surface area contributed by atoms with Gasteiger partial charge in [0.1, 0.15) is 18.1 Å². The van der Waals surface area contributed by atoms with Gasteiger partial charge in [0.05, 0.1) is 0 Å². The Morgan fingerprint density at radius 3 is 2.06 bits per heavy atom. The summed E-state index contributed by atoms with van der Waals surface area (Å²) in [6.07, 6.45) is 5.64. The van der Waals surface area contributed by atoms with E-state index in [1.54, 1.807) is 12.1 Å². The van der Waals surface area contributed by atoms with Crippen LogP contribution in [0.2, 0.25) is 0 Å². The molecule has 0 heterocycles. The molecule has 0 aliphatic rings. The molecule has 180 valence electrons. The molecule has 0 aromatic heterocycles. The Hall–Kier alpha value is -3.08. The Balaban J connectivity index is 1.68. The average molecular weight is 459 g/mol. The number of allylic oxidation sites excluding steroid dienone is 1. The van der Waals surface area contributed by atoms with E-state index in [0.29, 0.717) is 6.61 Å². The lowest BCUT2D eigenvalue weighted by Crippen LogP contribution is -2.22. The number of ether oxygens (including phenoxy) is 1. The highest BCUT2D eigenvalue weighted by Crippen LogP contribution is 2.35. The first-order valence-corrected chi connectivity index (χ1v) is 12.4. The van der Waals surface area contributed by atoms with Crippen LogP contribution in [0.3, 0.4) is 0 Å². The molecule has 4 nitrogen and oxygen atoms in total. The largest absolute Gasteiger partial charge is 0.508 e. The van der Waals surface area contributed by atoms with Gasteiger partial charge < -0.3 is 20.9 Å². The zero-order valence-corrected chi connectivity index (χ0v) is 20.3. The first-order chi connectivity index (χ1) is 16.7. The van der Waals surface area contributed by atoms with Crippen molar-refractivity contribution >= 4 is 11.1 Å². The highest BCUT2D eigenvalue weighted by Gasteiger charge is 2.13. The average Bonchev–Trinajstić information content (AvgIpc) is 2.88. The van der Waals surface area contributed by atoms with Crippen LogP contribution in [0, 0.1) is 0 Å². The maximum Gasteiger partial charge on any atom is 0.119 e. The molecule has 0 saturated heterocycles. The molecular formula is C30H38N2O2. The van der Waals surface area contributed by atoms with Crippen molar-refractivity contribution in [3.63, 3.8) is 0 Å². The van der Waals surface area contributed by atoms with Crippen molar-refractivity contribution in [2.75, 3.05) is 26.2 Å². The van der Waals surface area contributed by atoms with Gasteiger partial charge in [0.25, 0.3) is 0 Å². The quantitative estimate of drug-likeness (QED) is 0.197. The molecule has 3 aromatic carbocycles. The maximum absolute atomic E-state index is 9.80. The van der Waals surface area contributed by atoms with Crippen molar-refractivity contribution in [2.45, 2.75) is 39.0 Å². The molecule has 0 aliphatic heterocycles. The summed E-state index contributed by atoms with van der Waals surface area (Å²) in [4.78, 5) is 0. The second-order valence-electron chi connectivity index (χ2n) is 8.45. The Kier molecular flexibility index (Phi) is 10.7. The number of hydrogen-bond donors (Lipinski definition) is 3. The molecule has 0 saturated carbocycles. The van der Waals surface area contributed by atoms with Crippen molar-refractivity contribution in [2.24, 2.45) is 5.73 Å². The van der Waals surface area contributed by atoms with Crippen molar-refractivity contribution in [3.8, 4) is 11.5 Å². The van der Waals surface area contributed by atoms with Crippen LogP contribution in [0.25, 0.3) is 11.1 Å². The van der Waals surface area contributed by atoms with Crippen LogP contribution in [0.4, 0.5) is 0 Å². The van der Waals surface area contributed by atoms with Gasteiger partial charge in [-0.25, -0.2) is 0 Å². The Labute approximate surface area is 204 Å². The summed E-state index contributed by atoms with van der Waals surface area (Å²) in [7, 11) is 0. The molecule has 3 aromatic rings. The minimum absolute atomic E-state index is 0.272. The molecule has 3 rings (SSSR count). The molecule has 4 heteroatoms. The van der Waals surface area contributed by atoms with Gasteiger partial charge in [-0.1, -0.05) is 74.4 Å². The van der Waals surface area contributed by atoms with E-state index in [0.717, 1.165) is 49.4 Å². The van der Waals surface area contributed by atoms with Crippen molar-refractivity contribution in [3.05, 3.63) is 95.6 Å². The fourth-order valence-electron chi connectivity index (χ4n) is 4.14. The van der Waals surface area contributed by atoms with E-state index in [2.05, 4.69) is 48.6 Å². The molecule has 34 heavy (non-hydrogen) atoms. The van der Waals surface area contributed by atoms with E-state index in [4.69, 9.17) is 10.5 Å². The third-order valence-electron chi connectivity index (χ3n) is 5.93. The normalized spacial score (nSPS) is 11.8. The minimum Gasteiger partial charge on any atom is -0.508 e. The Morgan fingerprint density at radius 2 is 1.41 bits per heavy atom. The monoisotopic (exact) mass is 458 g/mol. The minimum atomic E-state index is 0.272. The summed E-state index contributed by atoms with van der Waals surface area (Å²) in [5, 5.41) is 13.2. The van der Waals surface area contributed by atoms with Gasteiger partial charge in [0.15, 0.2) is 0 Å². The number of nitrogens with one attached hydrogen (secondary N) is 1. The highest BCUT2D eigenvalue weighted by molar-refractivity contribution is 5.98. The number of phenols is 1. The number of benzene rings is 3. The van der Waals surface area contributed by atoms with Crippen LogP contribution in [0.1, 0.15) is 55.7 Å². The fourth-order valence-corrected chi connectivity index (χ4v) is 4.14. The highest BCUT2D eigenvalue weighted by atomic mass is 16.5. The third kappa shape index (κ3) is 7.75. The summed E-state index contributed by atoms with van der Waals surface area (Å²) in [5.74, 6) is 1.14. The smallest absolute Gasteiger partial charge is 0.119 e. The van der Waals surface area contributed by atoms with E-state index in [9.17, 15) is 5.11 Å². The van der Waals surface area contributed by atoms with Gasteiger partial charge >= 0.3 is 0 Å². The van der Waals surface area contributed by atoms with Crippen molar-refractivity contribution in [1.29, 1.82) is 0 Å². The van der Waals surface area contributed by atoms with Crippen LogP contribution in [-0.2, 0) is 0 Å². The van der Waals surface area contributed by atoms with Crippen LogP contribution < -0.4 is 15.8 Å². The Morgan fingerprint density at radius 1 is 0.765 bits per heavy atom. The van der Waals surface area contributed by atoms with E-state index >= 15 is 0 Å². The number of aromatic hydroxyl groups is 1. The molecule has 0 radical (unpaired) electrons. The number of rotatable bonds is 14. The standard InChI is InChI=1S/C30H38N2O2/c1-2-29(24-10-6-5-7-11-24)30(25-12-16-27(33)17-13-25)26-14-18-28(19-15-26)34-23-22-32-21-9-4-3-8-20-31/h5-7,10-19,32-33H,2-4,8-9,20-23,31H2,1H3. The van der Waals surface area contributed by atoms with E-state index in [1.807, 2.05) is 30.3 Å². The molecule has 0 amide bonds. The molecular weight excluding hydrogens is 420 g/mol. The third-order valence-corrected chi connectivity index (χ3v) is 5.93. The van der Waals surface area contributed by atoms with Crippen molar-refractivity contribution in [1.82, 2.24) is 5.32 Å². The fraction of sp³-hybridized carbons (Fsp3) is 0.333. The summed E-state index contributed by atoms with van der Waals surface area (Å²) >= 11 is 0. The molecule has 4 N–H and O–H groups in total. The Bertz CT molecular complexity index is 996. The number of nitrogens with two attached hydrogens (primary N) is 1. The summed E-state index contributed by atoms with van der Waals surface area (Å²) in [5.41, 5.74) is 11.4. The zero-order valence-electron chi connectivity index (χ0n) is 20.3. The van der Waals surface area contributed by atoms with Gasteiger partial charge in [-0.2, -0.15) is 0 Å². The van der Waals surface area contributed by atoms with Crippen LogP contribution in [0.5, 0.6) is 11.5 Å². The first-order valence-electron chi connectivity index (χ1n) is 12.4. The van der Waals surface area contributed by atoms with Crippen LogP contribution in [0.15, 0.2) is 78.9 Å². The van der Waals surface area contributed by atoms with Gasteiger partial charge in [0.2, 0.25) is 0 Å². The van der Waals surface area contributed by atoms with E-state index in [-0.39, 0.29) is 5.75 Å². The lowest BCUT2D eigenvalue weighted by atomic mass is 9.88. The molecule has 0 atom stereocenters. The topological polar surface area (TPSA) is 67.5 Å². The summed E-state index contributed by atoms with van der Waals surface area (Å²) in [6, 6.07) is 26.3. The lowest BCUT2D eigenvalue weighted by molar-refractivity contribution is 0.313. The maximum atomic E-state index is 9.80. The number of unbranched alkanes of at least 4 members (excludes halogenated alkanes) is 3. The predicted octanol–water partition coefficient (Wildman–Crippen LogP) is 6.25. The molecule has 0 fully saturated rings. The van der Waals surface area contributed by atoms with Gasteiger partial charge in [-0.3, -0.25) is 0 Å². The predicted molar refractivity (Wildman–Crippen MR) is 143 cm³/mol. The molecule has 0 aliphatic carbocycles. The van der Waals surface area contributed by atoms with E-state index in [1.165, 1.54) is 36.0 Å². The van der Waals surface area contributed by atoms with Gasteiger partial charge in [-0.15, -0.1) is 0 Å². The molecule has 0 unspecified atom stereocenters. The SMILES string of the molecule is CCC(=C(c1ccc(O)cc1)c1ccc(OCCNCCCCCCN)cc1)c1ccccc1. The molecule has 0 spiro atoms.